The molecule has 1 aliphatic heterocycles. The quantitative estimate of drug-likeness (QED) is 0.921. The summed E-state index contributed by atoms with van der Waals surface area (Å²) in [5.74, 6) is 0.167. The van der Waals surface area contributed by atoms with Gasteiger partial charge in [0.05, 0.1) is 0 Å². The first kappa shape index (κ1) is 13.3. The van der Waals surface area contributed by atoms with Crippen molar-refractivity contribution in [2.24, 2.45) is 0 Å². The van der Waals surface area contributed by atoms with E-state index < -0.39 is 18.3 Å². The third-order valence-electron chi connectivity index (χ3n) is 3.92. The lowest BCUT2D eigenvalue weighted by Crippen LogP contribution is -2.32. The molecule has 1 aliphatic carbocycles. The van der Waals surface area contributed by atoms with Gasteiger partial charge in [0, 0.05) is 12.1 Å². The number of amides is 1. The van der Waals surface area contributed by atoms with Crippen LogP contribution in [-0.4, -0.2) is 29.5 Å². The highest BCUT2D eigenvalue weighted by molar-refractivity contribution is 5.92. The zero-order valence-electron chi connectivity index (χ0n) is 11.1. The number of nitrogens with zero attached hydrogens (tertiary/aromatic N) is 1. The van der Waals surface area contributed by atoms with Crippen LogP contribution in [0.4, 0.5) is 8.78 Å². The number of halogens is 2. The fourth-order valence-corrected chi connectivity index (χ4v) is 2.76. The highest BCUT2D eigenvalue weighted by Gasteiger charge is 2.59. The van der Waals surface area contributed by atoms with Crippen LogP contribution in [0, 0.1) is 0 Å². The Morgan fingerprint density at radius 2 is 2.15 bits per heavy atom. The molecule has 0 bridgehead atoms. The maximum atomic E-state index is 12.5. The lowest BCUT2D eigenvalue weighted by molar-refractivity contribution is -0.130. The summed E-state index contributed by atoms with van der Waals surface area (Å²) in [6.45, 7) is -0.468. The molecule has 1 heterocycles. The van der Waals surface area contributed by atoms with Gasteiger partial charge in [-0.25, -0.2) is 0 Å². The molecule has 2 aliphatic rings. The number of carbonyl (C=O) groups excluding carboxylic acids is 1. The lowest BCUT2D eigenvalue weighted by Gasteiger charge is -2.24. The van der Waals surface area contributed by atoms with Crippen molar-refractivity contribution in [1.82, 2.24) is 10.2 Å². The molecule has 1 aromatic rings. The average Bonchev–Trinajstić information content (AvgIpc) is 3.13. The molecule has 1 saturated heterocycles. The van der Waals surface area contributed by atoms with E-state index in [1.165, 1.54) is 6.07 Å². The Hall–Kier alpha value is -1.69. The maximum Gasteiger partial charge on any atom is 0.387 e. The standard InChI is InChI=1S/C14H16F2N2O2/c1-2-18-11(17-14(7-8-14)12(18)19)9-5-3-4-6-10(9)20-13(15)16/h3-6,11,13,17H,2,7-8H2,1H3. The average molecular weight is 282 g/mol. The number of carbonyl (C=O) groups is 1. The van der Waals surface area contributed by atoms with Crippen LogP contribution in [0.1, 0.15) is 31.5 Å². The SMILES string of the molecule is CCN1C(=O)C2(CC2)NC1c1ccccc1OC(F)F. The minimum Gasteiger partial charge on any atom is -0.434 e. The predicted molar refractivity (Wildman–Crippen MR) is 68.3 cm³/mol. The van der Waals surface area contributed by atoms with Gasteiger partial charge in [-0.15, -0.1) is 0 Å². The van der Waals surface area contributed by atoms with Crippen LogP contribution < -0.4 is 10.1 Å². The maximum absolute atomic E-state index is 12.5. The van der Waals surface area contributed by atoms with Gasteiger partial charge in [-0.1, -0.05) is 18.2 Å². The largest absolute Gasteiger partial charge is 0.434 e. The molecule has 6 heteroatoms. The van der Waals surface area contributed by atoms with Gasteiger partial charge >= 0.3 is 6.61 Å². The number of hydrogen-bond donors (Lipinski definition) is 1. The molecule has 3 rings (SSSR count). The van der Waals surface area contributed by atoms with E-state index in [1.54, 1.807) is 23.1 Å². The van der Waals surface area contributed by atoms with Crippen LogP contribution in [0.25, 0.3) is 0 Å². The van der Waals surface area contributed by atoms with Crippen molar-refractivity contribution in [1.29, 1.82) is 0 Å². The zero-order valence-corrected chi connectivity index (χ0v) is 11.1. The first-order valence-corrected chi connectivity index (χ1v) is 6.70. The van der Waals surface area contributed by atoms with Crippen LogP contribution in [0.15, 0.2) is 24.3 Å². The summed E-state index contributed by atoms with van der Waals surface area (Å²) >= 11 is 0. The summed E-state index contributed by atoms with van der Waals surface area (Å²) in [5, 5.41) is 3.27. The molecule has 2 fully saturated rings. The minimum absolute atomic E-state index is 0.0526. The van der Waals surface area contributed by atoms with Crippen molar-refractivity contribution in [2.45, 2.75) is 38.1 Å². The van der Waals surface area contributed by atoms with Gasteiger partial charge in [-0.05, 0) is 25.8 Å². The molecule has 1 saturated carbocycles. The second-order valence-electron chi connectivity index (χ2n) is 5.14. The number of alkyl halides is 2. The summed E-state index contributed by atoms with van der Waals surface area (Å²) < 4.78 is 29.5. The normalized spacial score (nSPS) is 23.7. The van der Waals surface area contributed by atoms with Crippen molar-refractivity contribution < 1.29 is 18.3 Å². The monoisotopic (exact) mass is 282 g/mol. The summed E-state index contributed by atoms with van der Waals surface area (Å²) in [6, 6.07) is 6.61. The molecule has 1 spiro atoms. The lowest BCUT2D eigenvalue weighted by atomic mass is 10.1. The highest BCUT2D eigenvalue weighted by Crippen LogP contribution is 2.47. The first-order chi connectivity index (χ1) is 9.57. The van der Waals surface area contributed by atoms with Gasteiger partial charge in [-0.2, -0.15) is 8.78 Å². The molecule has 20 heavy (non-hydrogen) atoms. The van der Waals surface area contributed by atoms with Gasteiger partial charge in [-0.3, -0.25) is 10.1 Å². The number of para-hydroxylation sites is 1. The van der Waals surface area contributed by atoms with Crippen molar-refractivity contribution in [3.05, 3.63) is 29.8 Å². The predicted octanol–water partition coefficient (Wildman–Crippen LogP) is 2.27. The summed E-state index contributed by atoms with van der Waals surface area (Å²) in [5.41, 5.74) is 0.102. The third kappa shape index (κ3) is 2.04. The third-order valence-corrected chi connectivity index (χ3v) is 3.92. The fourth-order valence-electron chi connectivity index (χ4n) is 2.76. The molecule has 0 aromatic heterocycles. The molecule has 1 atom stereocenters. The number of likely N-dealkylation sites (N-methyl/N-ethyl adjacent to an activating group) is 1. The van der Waals surface area contributed by atoms with Crippen molar-refractivity contribution in [3.63, 3.8) is 0 Å². The molecule has 1 N–H and O–H groups in total. The van der Waals surface area contributed by atoms with E-state index in [2.05, 4.69) is 10.1 Å². The van der Waals surface area contributed by atoms with Crippen LogP contribution in [0.3, 0.4) is 0 Å². The Bertz CT molecular complexity index is 532. The smallest absolute Gasteiger partial charge is 0.387 e. The molecule has 0 radical (unpaired) electrons. The molecule has 1 unspecified atom stereocenters. The topological polar surface area (TPSA) is 41.6 Å². The minimum atomic E-state index is -2.88. The van der Waals surface area contributed by atoms with Crippen LogP contribution in [0.5, 0.6) is 5.75 Å². The van der Waals surface area contributed by atoms with Gasteiger partial charge < -0.3 is 9.64 Å². The molecular formula is C14H16F2N2O2. The molecule has 1 amide bonds. The Kier molecular flexibility index (Phi) is 3.12. The number of hydrogen-bond acceptors (Lipinski definition) is 3. The Balaban J connectivity index is 1.94. The van der Waals surface area contributed by atoms with Gasteiger partial charge in [0.2, 0.25) is 5.91 Å². The Morgan fingerprint density at radius 1 is 1.45 bits per heavy atom. The summed E-state index contributed by atoms with van der Waals surface area (Å²) in [6.07, 6.45) is 1.21. The Morgan fingerprint density at radius 3 is 2.75 bits per heavy atom. The zero-order chi connectivity index (χ0) is 14.3. The second kappa shape index (κ2) is 4.70. The van der Waals surface area contributed by atoms with E-state index in [1.807, 2.05) is 6.92 Å². The Labute approximate surface area is 115 Å². The number of nitrogens with one attached hydrogen (secondary N) is 1. The first-order valence-electron chi connectivity index (χ1n) is 6.70. The van der Waals surface area contributed by atoms with E-state index in [4.69, 9.17) is 0 Å². The van der Waals surface area contributed by atoms with E-state index in [-0.39, 0.29) is 11.7 Å². The van der Waals surface area contributed by atoms with Gasteiger partial charge in [0.1, 0.15) is 17.5 Å². The number of benzene rings is 1. The van der Waals surface area contributed by atoms with Gasteiger partial charge in [0.15, 0.2) is 0 Å². The van der Waals surface area contributed by atoms with Crippen LogP contribution in [-0.2, 0) is 4.79 Å². The van der Waals surface area contributed by atoms with E-state index in [0.717, 1.165) is 12.8 Å². The summed E-state index contributed by atoms with van der Waals surface area (Å²) in [7, 11) is 0. The van der Waals surface area contributed by atoms with Gasteiger partial charge in [0.25, 0.3) is 0 Å². The van der Waals surface area contributed by atoms with E-state index >= 15 is 0 Å². The highest BCUT2D eigenvalue weighted by atomic mass is 19.3. The number of rotatable bonds is 4. The summed E-state index contributed by atoms with van der Waals surface area (Å²) in [4.78, 5) is 14.0. The fraction of sp³-hybridized carbons (Fsp3) is 0.500. The van der Waals surface area contributed by atoms with Crippen LogP contribution in [0.2, 0.25) is 0 Å². The van der Waals surface area contributed by atoms with Crippen molar-refractivity contribution in [2.75, 3.05) is 6.54 Å². The number of ether oxygens (including phenoxy) is 1. The van der Waals surface area contributed by atoms with E-state index in [9.17, 15) is 13.6 Å². The van der Waals surface area contributed by atoms with Crippen molar-refractivity contribution in [3.8, 4) is 5.75 Å². The molecule has 4 nitrogen and oxygen atoms in total. The van der Waals surface area contributed by atoms with Crippen molar-refractivity contribution >= 4 is 5.91 Å². The molecular weight excluding hydrogens is 266 g/mol. The molecule has 108 valence electrons. The van der Waals surface area contributed by atoms with E-state index in [0.29, 0.717) is 12.1 Å². The van der Waals surface area contributed by atoms with Crippen LogP contribution >= 0.6 is 0 Å². The molecule has 1 aromatic carbocycles. The second-order valence-corrected chi connectivity index (χ2v) is 5.14.